The molecule has 2 aromatic rings. The maximum atomic E-state index is 13.4. The Bertz CT molecular complexity index is 750. The summed E-state index contributed by atoms with van der Waals surface area (Å²) in [5.41, 5.74) is 1.03. The van der Waals surface area contributed by atoms with Gasteiger partial charge in [-0.05, 0) is 58.9 Å². The van der Waals surface area contributed by atoms with Crippen molar-refractivity contribution in [2.45, 2.75) is 11.4 Å². The van der Waals surface area contributed by atoms with E-state index in [2.05, 4.69) is 26.0 Å². The van der Waals surface area contributed by atoms with Crippen LogP contribution in [-0.2, 0) is 16.6 Å². The minimum Gasteiger partial charge on any atom is -0.316 e. The van der Waals surface area contributed by atoms with Crippen LogP contribution >= 0.6 is 15.9 Å². The summed E-state index contributed by atoms with van der Waals surface area (Å²) in [6, 6.07) is 10.6. The fourth-order valence-electron chi connectivity index (χ4n) is 1.80. The normalized spacial score (nSPS) is 11.4. The first-order valence-electron chi connectivity index (χ1n) is 6.14. The standard InChI is InChI=1S/C14H14BrFN2O2S/c1-17-9-10-3-2-4-12(7-10)21(19,20)18-11-5-6-13(15)14(16)8-11/h2-8,17-18H,9H2,1H3. The molecule has 2 aromatic carbocycles. The molecule has 0 aliphatic rings. The lowest BCUT2D eigenvalue weighted by Gasteiger charge is -2.10. The van der Waals surface area contributed by atoms with E-state index in [-0.39, 0.29) is 15.1 Å². The van der Waals surface area contributed by atoms with Crippen molar-refractivity contribution < 1.29 is 12.8 Å². The van der Waals surface area contributed by atoms with Gasteiger partial charge in [0.05, 0.1) is 15.1 Å². The van der Waals surface area contributed by atoms with Gasteiger partial charge in [-0.25, -0.2) is 12.8 Å². The van der Waals surface area contributed by atoms with E-state index in [9.17, 15) is 12.8 Å². The molecule has 0 amide bonds. The van der Waals surface area contributed by atoms with Crippen molar-refractivity contribution in [2.75, 3.05) is 11.8 Å². The van der Waals surface area contributed by atoms with E-state index in [1.807, 2.05) is 6.07 Å². The molecule has 0 heterocycles. The van der Waals surface area contributed by atoms with Crippen LogP contribution in [0.3, 0.4) is 0 Å². The van der Waals surface area contributed by atoms with E-state index in [0.717, 1.165) is 11.6 Å². The first-order valence-corrected chi connectivity index (χ1v) is 8.41. The lowest BCUT2D eigenvalue weighted by atomic mass is 10.2. The molecule has 0 atom stereocenters. The number of nitrogens with one attached hydrogen (secondary N) is 2. The van der Waals surface area contributed by atoms with Crippen molar-refractivity contribution in [3.8, 4) is 0 Å². The van der Waals surface area contributed by atoms with Crippen molar-refractivity contribution in [3.63, 3.8) is 0 Å². The lowest BCUT2D eigenvalue weighted by molar-refractivity contribution is 0.600. The third kappa shape index (κ3) is 4.03. The van der Waals surface area contributed by atoms with Gasteiger partial charge in [-0.1, -0.05) is 12.1 Å². The molecule has 0 fully saturated rings. The second-order valence-electron chi connectivity index (χ2n) is 4.41. The van der Waals surface area contributed by atoms with E-state index in [4.69, 9.17) is 0 Å². The largest absolute Gasteiger partial charge is 0.316 e. The lowest BCUT2D eigenvalue weighted by Crippen LogP contribution is -2.14. The Hall–Kier alpha value is -1.44. The van der Waals surface area contributed by atoms with Crippen LogP contribution in [0.1, 0.15) is 5.56 Å². The Morgan fingerprint density at radius 3 is 2.62 bits per heavy atom. The molecule has 0 aromatic heterocycles. The van der Waals surface area contributed by atoms with E-state index in [1.54, 1.807) is 19.2 Å². The molecule has 0 bridgehead atoms. The average molecular weight is 373 g/mol. The second-order valence-corrected chi connectivity index (χ2v) is 6.95. The van der Waals surface area contributed by atoms with Crippen LogP contribution in [0.25, 0.3) is 0 Å². The molecule has 0 aliphatic carbocycles. The molecular formula is C14H14BrFN2O2S. The molecule has 0 aliphatic heterocycles. The quantitative estimate of drug-likeness (QED) is 0.847. The van der Waals surface area contributed by atoms with Crippen molar-refractivity contribution >= 4 is 31.6 Å². The fraction of sp³-hybridized carbons (Fsp3) is 0.143. The number of hydrogen-bond acceptors (Lipinski definition) is 3. The summed E-state index contributed by atoms with van der Waals surface area (Å²) in [5, 5.41) is 2.96. The van der Waals surface area contributed by atoms with Gasteiger partial charge < -0.3 is 5.32 Å². The maximum absolute atomic E-state index is 13.4. The van der Waals surface area contributed by atoms with Crippen LogP contribution < -0.4 is 10.0 Å². The van der Waals surface area contributed by atoms with Crippen LogP contribution in [0.5, 0.6) is 0 Å². The Morgan fingerprint density at radius 1 is 1.19 bits per heavy atom. The summed E-state index contributed by atoms with van der Waals surface area (Å²) in [6.45, 7) is 0.566. The molecule has 0 spiro atoms. The van der Waals surface area contributed by atoms with Crippen molar-refractivity contribution in [1.29, 1.82) is 0 Å². The Morgan fingerprint density at radius 2 is 1.95 bits per heavy atom. The van der Waals surface area contributed by atoms with Crippen molar-refractivity contribution in [1.82, 2.24) is 5.32 Å². The molecule has 2 rings (SSSR count). The summed E-state index contributed by atoms with van der Waals surface area (Å²) in [5.74, 6) is -0.529. The summed E-state index contributed by atoms with van der Waals surface area (Å²) in [6.07, 6.45) is 0. The summed E-state index contributed by atoms with van der Waals surface area (Å²) >= 11 is 3.02. The highest BCUT2D eigenvalue weighted by Gasteiger charge is 2.15. The molecule has 7 heteroatoms. The van der Waals surface area contributed by atoms with Crippen molar-refractivity contribution in [3.05, 3.63) is 58.3 Å². The van der Waals surface area contributed by atoms with Gasteiger partial charge in [0.1, 0.15) is 5.82 Å². The van der Waals surface area contributed by atoms with E-state index < -0.39 is 15.8 Å². The summed E-state index contributed by atoms with van der Waals surface area (Å²) < 4.78 is 40.7. The molecule has 2 N–H and O–H groups in total. The Labute approximate surface area is 131 Å². The minimum atomic E-state index is -3.74. The molecule has 112 valence electrons. The fourth-order valence-corrected chi connectivity index (χ4v) is 3.17. The molecule has 4 nitrogen and oxygen atoms in total. The van der Waals surface area contributed by atoms with Gasteiger partial charge in [0.15, 0.2) is 0 Å². The number of rotatable bonds is 5. The van der Waals surface area contributed by atoms with E-state index in [0.29, 0.717) is 6.54 Å². The number of hydrogen-bond donors (Lipinski definition) is 2. The first-order chi connectivity index (χ1) is 9.92. The Kier molecular flexibility index (Phi) is 4.97. The minimum absolute atomic E-state index is 0.138. The first kappa shape index (κ1) is 15.9. The van der Waals surface area contributed by atoms with Gasteiger partial charge in [-0.3, -0.25) is 4.72 Å². The molecule has 21 heavy (non-hydrogen) atoms. The van der Waals surface area contributed by atoms with Gasteiger partial charge in [0, 0.05) is 6.54 Å². The molecule has 0 saturated heterocycles. The molecule has 0 saturated carbocycles. The highest BCUT2D eigenvalue weighted by atomic mass is 79.9. The third-order valence-corrected chi connectivity index (χ3v) is 4.78. The van der Waals surface area contributed by atoms with Gasteiger partial charge in [-0.15, -0.1) is 0 Å². The van der Waals surface area contributed by atoms with Crippen molar-refractivity contribution in [2.24, 2.45) is 0 Å². The zero-order valence-corrected chi connectivity index (χ0v) is 13.6. The molecule has 0 unspecified atom stereocenters. The number of benzene rings is 2. The topological polar surface area (TPSA) is 58.2 Å². The summed E-state index contributed by atoms with van der Waals surface area (Å²) in [7, 11) is -1.96. The number of halogens is 2. The molecule has 0 radical (unpaired) electrons. The second kappa shape index (κ2) is 6.55. The Balaban J connectivity index is 2.29. The predicted octanol–water partition coefficient (Wildman–Crippen LogP) is 3.11. The summed E-state index contributed by atoms with van der Waals surface area (Å²) in [4.78, 5) is 0.138. The van der Waals surface area contributed by atoms with Gasteiger partial charge in [0.2, 0.25) is 0 Å². The monoisotopic (exact) mass is 372 g/mol. The van der Waals surface area contributed by atoms with E-state index in [1.165, 1.54) is 18.2 Å². The maximum Gasteiger partial charge on any atom is 0.261 e. The van der Waals surface area contributed by atoms with Crippen LogP contribution in [-0.4, -0.2) is 15.5 Å². The van der Waals surface area contributed by atoms with E-state index >= 15 is 0 Å². The van der Waals surface area contributed by atoms with Crippen LogP contribution in [0.2, 0.25) is 0 Å². The SMILES string of the molecule is CNCc1cccc(S(=O)(=O)Nc2ccc(Br)c(F)c2)c1. The van der Waals surface area contributed by atoms with Crippen LogP contribution in [0.4, 0.5) is 10.1 Å². The highest BCUT2D eigenvalue weighted by molar-refractivity contribution is 9.10. The molecular weight excluding hydrogens is 359 g/mol. The smallest absolute Gasteiger partial charge is 0.261 e. The number of anilines is 1. The van der Waals surface area contributed by atoms with Gasteiger partial charge in [-0.2, -0.15) is 0 Å². The zero-order valence-electron chi connectivity index (χ0n) is 11.2. The zero-order chi connectivity index (χ0) is 15.5. The number of sulfonamides is 1. The van der Waals surface area contributed by atoms with Crippen LogP contribution in [0.15, 0.2) is 51.8 Å². The van der Waals surface area contributed by atoms with Gasteiger partial charge >= 0.3 is 0 Å². The predicted molar refractivity (Wildman–Crippen MR) is 84.1 cm³/mol. The third-order valence-electron chi connectivity index (χ3n) is 2.76. The highest BCUT2D eigenvalue weighted by Crippen LogP contribution is 2.22. The average Bonchev–Trinajstić information content (AvgIpc) is 2.43. The van der Waals surface area contributed by atoms with Gasteiger partial charge in [0.25, 0.3) is 10.0 Å². The van der Waals surface area contributed by atoms with Crippen LogP contribution in [0, 0.1) is 5.82 Å².